The van der Waals surface area contributed by atoms with Crippen LogP contribution in [0.4, 0.5) is 0 Å². The highest BCUT2D eigenvalue weighted by Gasteiger charge is 2.20. The second kappa shape index (κ2) is 12.4. The third-order valence-electron chi connectivity index (χ3n) is 6.15. The van der Waals surface area contributed by atoms with Crippen LogP contribution < -0.4 is 10.6 Å². The normalized spacial score (nSPS) is 17.0. The van der Waals surface area contributed by atoms with Crippen LogP contribution in [0.1, 0.15) is 37.4 Å². The molecule has 0 radical (unpaired) electrons. The topological polar surface area (TPSA) is 55.8 Å². The summed E-state index contributed by atoms with van der Waals surface area (Å²) in [6, 6.07) is 17.8. The minimum Gasteiger partial charge on any atom is -0.356 e. The standard InChI is InChI=1S/C25H38N6/c1-21(30(3)19-22-9-5-4-6-10-22)12-16-28-25(26-2)29-23-13-17-31(18-14-23)20-24-11-7-8-15-27-24/h4-11,15,21,23H,12-14,16-20H2,1-3H3,(H2,26,28,29). The third kappa shape index (κ3) is 7.96. The predicted molar refractivity (Wildman–Crippen MR) is 129 cm³/mol. The first-order valence-electron chi connectivity index (χ1n) is 11.5. The van der Waals surface area contributed by atoms with E-state index in [1.165, 1.54) is 5.56 Å². The Balaban J connectivity index is 1.33. The monoisotopic (exact) mass is 422 g/mol. The number of guanidine groups is 1. The summed E-state index contributed by atoms with van der Waals surface area (Å²) in [4.78, 5) is 13.8. The fourth-order valence-electron chi connectivity index (χ4n) is 3.99. The first-order chi connectivity index (χ1) is 15.1. The zero-order chi connectivity index (χ0) is 21.9. The maximum absolute atomic E-state index is 4.45. The molecule has 0 bridgehead atoms. The van der Waals surface area contributed by atoms with Crippen LogP contribution in [-0.2, 0) is 13.1 Å². The molecule has 0 saturated carbocycles. The smallest absolute Gasteiger partial charge is 0.191 e. The van der Waals surface area contributed by atoms with Gasteiger partial charge in [0.25, 0.3) is 0 Å². The molecule has 1 unspecified atom stereocenters. The van der Waals surface area contributed by atoms with E-state index >= 15 is 0 Å². The molecule has 0 amide bonds. The molecule has 0 spiro atoms. The SMILES string of the molecule is CN=C(NCCC(C)N(C)Cc1ccccc1)NC1CCN(Cc2ccccn2)CC1. The van der Waals surface area contributed by atoms with E-state index in [4.69, 9.17) is 0 Å². The predicted octanol–water partition coefficient (Wildman–Crippen LogP) is 3.12. The van der Waals surface area contributed by atoms with Gasteiger partial charge in [0.2, 0.25) is 0 Å². The summed E-state index contributed by atoms with van der Waals surface area (Å²) < 4.78 is 0. The molecule has 31 heavy (non-hydrogen) atoms. The van der Waals surface area contributed by atoms with Crippen molar-refractivity contribution in [1.82, 2.24) is 25.4 Å². The Morgan fingerprint density at radius 1 is 1.16 bits per heavy atom. The van der Waals surface area contributed by atoms with Crippen LogP contribution >= 0.6 is 0 Å². The average Bonchev–Trinajstić information content (AvgIpc) is 2.80. The van der Waals surface area contributed by atoms with Gasteiger partial charge in [0.1, 0.15) is 0 Å². The van der Waals surface area contributed by atoms with Crippen molar-refractivity contribution in [2.24, 2.45) is 4.99 Å². The van der Waals surface area contributed by atoms with E-state index in [1.807, 2.05) is 19.3 Å². The van der Waals surface area contributed by atoms with Crippen molar-refractivity contribution < 1.29 is 0 Å². The molecule has 1 aliphatic rings. The average molecular weight is 423 g/mol. The van der Waals surface area contributed by atoms with E-state index in [0.29, 0.717) is 12.1 Å². The number of aromatic nitrogens is 1. The minimum absolute atomic E-state index is 0.476. The maximum atomic E-state index is 4.45. The van der Waals surface area contributed by atoms with Crippen LogP contribution in [0.15, 0.2) is 59.7 Å². The molecule has 6 nitrogen and oxygen atoms in total. The summed E-state index contributed by atoms with van der Waals surface area (Å²) in [6.07, 6.45) is 5.21. The Bertz CT molecular complexity index is 771. The summed E-state index contributed by atoms with van der Waals surface area (Å²) in [6.45, 7) is 7.30. The minimum atomic E-state index is 0.476. The molecule has 1 fully saturated rings. The lowest BCUT2D eigenvalue weighted by atomic mass is 10.0. The molecular weight excluding hydrogens is 384 g/mol. The summed E-state index contributed by atoms with van der Waals surface area (Å²) in [5.74, 6) is 0.918. The van der Waals surface area contributed by atoms with Crippen molar-refractivity contribution in [3.63, 3.8) is 0 Å². The molecule has 6 heteroatoms. The van der Waals surface area contributed by atoms with Crippen molar-refractivity contribution in [2.75, 3.05) is 33.7 Å². The molecule has 2 aromatic rings. The second-order valence-electron chi connectivity index (χ2n) is 8.55. The zero-order valence-corrected chi connectivity index (χ0v) is 19.3. The van der Waals surface area contributed by atoms with Crippen LogP contribution in [0, 0.1) is 0 Å². The Labute approximate surface area is 187 Å². The number of nitrogens with zero attached hydrogens (tertiary/aromatic N) is 4. The van der Waals surface area contributed by atoms with E-state index in [2.05, 4.69) is 86.8 Å². The van der Waals surface area contributed by atoms with E-state index in [1.54, 1.807) is 0 Å². The molecule has 2 heterocycles. The number of rotatable bonds is 9. The summed E-state index contributed by atoms with van der Waals surface area (Å²) in [5, 5.41) is 7.12. The van der Waals surface area contributed by atoms with Gasteiger partial charge in [-0.3, -0.25) is 19.8 Å². The van der Waals surface area contributed by atoms with E-state index in [9.17, 15) is 0 Å². The molecule has 1 aromatic carbocycles. The van der Waals surface area contributed by atoms with E-state index in [-0.39, 0.29) is 0 Å². The molecule has 1 aromatic heterocycles. The van der Waals surface area contributed by atoms with Crippen LogP contribution in [-0.4, -0.2) is 66.6 Å². The Hall–Kier alpha value is -2.44. The highest BCUT2D eigenvalue weighted by atomic mass is 15.2. The van der Waals surface area contributed by atoms with E-state index in [0.717, 1.165) is 63.6 Å². The number of piperidine rings is 1. The number of hydrogen-bond donors (Lipinski definition) is 2. The van der Waals surface area contributed by atoms with Crippen molar-refractivity contribution in [2.45, 2.75) is 51.4 Å². The highest BCUT2D eigenvalue weighted by Crippen LogP contribution is 2.13. The Kier molecular flexibility index (Phi) is 9.31. The van der Waals surface area contributed by atoms with Gasteiger partial charge >= 0.3 is 0 Å². The van der Waals surface area contributed by atoms with E-state index < -0.39 is 0 Å². The molecule has 1 aliphatic heterocycles. The van der Waals surface area contributed by atoms with Gasteiger partial charge in [0.15, 0.2) is 5.96 Å². The highest BCUT2D eigenvalue weighted by molar-refractivity contribution is 5.79. The summed E-state index contributed by atoms with van der Waals surface area (Å²) >= 11 is 0. The van der Waals surface area contributed by atoms with Gasteiger partial charge in [-0.2, -0.15) is 0 Å². The number of pyridine rings is 1. The van der Waals surface area contributed by atoms with Crippen molar-refractivity contribution in [3.05, 3.63) is 66.0 Å². The van der Waals surface area contributed by atoms with Crippen molar-refractivity contribution in [1.29, 1.82) is 0 Å². The Morgan fingerprint density at radius 3 is 2.58 bits per heavy atom. The first kappa shape index (κ1) is 23.2. The lowest BCUT2D eigenvalue weighted by Crippen LogP contribution is -2.49. The van der Waals surface area contributed by atoms with Gasteiger partial charge in [-0.15, -0.1) is 0 Å². The van der Waals surface area contributed by atoms with Gasteiger partial charge in [-0.1, -0.05) is 36.4 Å². The quantitative estimate of drug-likeness (QED) is 0.480. The third-order valence-corrected chi connectivity index (χ3v) is 6.15. The zero-order valence-electron chi connectivity index (χ0n) is 19.3. The number of nitrogens with one attached hydrogen (secondary N) is 2. The molecule has 1 saturated heterocycles. The van der Waals surface area contributed by atoms with Gasteiger partial charge in [0.05, 0.1) is 5.69 Å². The largest absolute Gasteiger partial charge is 0.356 e. The molecule has 3 rings (SSSR count). The fourth-order valence-corrected chi connectivity index (χ4v) is 3.99. The number of aliphatic imine (C=N–C) groups is 1. The number of likely N-dealkylation sites (tertiary alicyclic amines) is 1. The van der Waals surface area contributed by atoms with Gasteiger partial charge in [0, 0.05) is 58.1 Å². The van der Waals surface area contributed by atoms with Crippen LogP contribution in [0.25, 0.3) is 0 Å². The fraction of sp³-hybridized carbons (Fsp3) is 0.520. The number of hydrogen-bond acceptors (Lipinski definition) is 4. The van der Waals surface area contributed by atoms with Crippen molar-refractivity contribution >= 4 is 5.96 Å². The molecule has 168 valence electrons. The van der Waals surface area contributed by atoms with Crippen molar-refractivity contribution in [3.8, 4) is 0 Å². The maximum Gasteiger partial charge on any atom is 0.191 e. The molecular formula is C25H38N6. The lowest BCUT2D eigenvalue weighted by molar-refractivity contribution is 0.196. The van der Waals surface area contributed by atoms with Gasteiger partial charge in [-0.05, 0) is 50.9 Å². The second-order valence-corrected chi connectivity index (χ2v) is 8.55. The van der Waals surface area contributed by atoms with Gasteiger partial charge in [-0.25, -0.2) is 0 Å². The summed E-state index contributed by atoms with van der Waals surface area (Å²) in [5.41, 5.74) is 2.51. The lowest BCUT2D eigenvalue weighted by Gasteiger charge is -2.33. The molecule has 1 atom stereocenters. The number of benzene rings is 1. The molecule has 0 aliphatic carbocycles. The Morgan fingerprint density at radius 2 is 1.90 bits per heavy atom. The first-order valence-corrected chi connectivity index (χ1v) is 11.5. The van der Waals surface area contributed by atoms with Gasteiger partial charge < -0.3 is 10.6 Å². The summed E-state index contributed by atoms with van der Waals surface area (Å²) in [7, 11) is 4.06. The van der Waals surface area contributed by atoms with Crippen LogP contribution in [0.3, 0.4) is 0 Å². The molecule has 2 N–H and O–H groups in total. The van der Waals surface area contributed by atoms with Crippen LogP contribution in [0.2, 0.25) is 0 Å². The van der Waals surface area contributed by atoms with Crippen LogP contribution in [0.5, 0.6) is 0 Å².